The molecule has 5 heteroatoms. The smallest absolute Gasteiger partial charge is 0.220 e. The Morgan fingerprint density at radius 1 is 1.27 bits per heavy atom. The van der Waals surface area contributed by atoms with E-state index in [1.165, 1.54) is 12.1 Å². The minimum Gasteiger partial charge on any atom is -0.477 e. The Morgan fingerprint density at radius 3 is 2.92 bits per heavy atom. The number of amidine groups is 1. The van der Waals surface area contributed by atoms with Gasteiger partial charge in [-0.05, 0) is 49.2 Å². The molecule has 0 radical (unpaired) electrons. The number of fused-ring (bicyclic) bond motifs is 1. The van der Waals surface area contributed by atoms with E-state index in [1.54, 1.807) is 0 Å². The number of rotatable bonds is 6. The third-order valence-electron chi connectivity index (χ3n) is 4.83. The molecule has 0 amide bonds. The first-order valence-electron chi connectivity index (χ1n) is 9.47. The van der Waals surface area contributed by atoms with Crippen LogP contribution in [0, 0.1) is 0 Å². The van der Waals surface area contributed by atoms with Gasteiger partial charge in [0.2, 0.25) is 5.88 Å². The van der Waals surface area contributed by atoms with Gasteiger partial charge in [0.1, 0.15) is 5.84 Å². The molecule has 1 saturated heterocycles. The second-order valence-electron chi connectivity index (χ2n) is 6.84. The molecule has 136 valence electrons. The summed E-state index contributed by atoms with van der Waals surface area (Å²) in [4.78, 5) is 6.90. The Morgan fingerprint density at radius 2 is 2.15 bits per heavy atom. The van der Waals surface area contributed by atoms with Gasteiger partial charge in [-0.15, -0.1) is 0 Å². The number of hydrogen-bond acceptors (Lipinski definition) is 5. The summed E-state index contributed by atoms with van der Waals surface area (Å²) in [6.45, 7) is 5.71. The summed E-state index contributed by atoms with van der Waals surface area (Å²) < 4.78 is 5.97. The van der Waals surface area contributed by atoms with E-state index in [-0.39, 0.29) is 0 Å². The van der Waals surface area contributed by atoms with Crippen molar-refractivity contribution in [1.82, 2.24) is 10.2 Å². The predicted octanol–water partition coefficient (Wildman–Crippen LogP) is 3.35. The van der Waals surface area contributed by atoms with E-state index in [9.17, 15) is 0 Å². The van der Waals surface area contributed by atoms with Crippen molar-refractivity contribution < 1.29 is 4.74 Å². The van der Waals surface area contributed by atoms with Crippen molar-refractivity contribution >= 4 is 17.1 Å². The van der Waals surface area contributed by atoms with Crippen LogP contribution < -0.4 is 10.6 Å². The first kappa shape index (κ1) is 16.9. The number of anilines is 1. The fourth-order valence-corrected chi connectivity index (χ4v) is 3.43. The minimum absolute atomic E-state index is 0.524. The van der Waals surface area contributed by atoms with Crippen molar-refractivity contribution in [2.75, 3.05) is 31.6 Å². The van der Waals surface area contributed by atoms with E-state index in [4.69, 9.17) is 9.73 Å². The zero-order valence-corrected chi connectivity index (χ0v) is 15.2. The summed E-state index contributed by atoms with van der Waals surface area (Å²) >= 11 is 0. The fraction of sp³-hybridized carbons (Fsp3) is 0.381. The van der Waals surface area contributed by atoms with Crippen LogP contribution in [-0.4, -0.2) is 43.0 Å². The molecule has 0 unspecified atom stereocenters. The molecule has 2 N–H and O–H groups in total. The van der Waals surface area contributed by atoms with Gasteiger partial charge in [0, 0.05) is 30.0 Å². The normalized spacial score (nSPS) is 21.7. The molecule has 0 bridgehead atoms. The molecule has 3 heterocycles. The van der Waals surface area contributed by atoms with Crippen LogP contribution in [0.25, 0.3) is 5.57 Å². The van der Waals surface area contributed by atoms with Crippen LogP contribution in [0.4, 0.5) is 5.69 Å². The lowest BCUT2D eigenvalue weighted by molar-refractivity contribution is 0.209. The van der Waals surface area contributed by atoms with Crippen molar-refractivity contribution in [2.24, 2.45) is 4.99 Å². The van der Waals surface area contributed by atoms with E-state index >= 15 is 0 Å². The van der Waals surface area contributed by atoms with Gasteiger partial charge >= 0.3 is 0 Å². The molecular formula is C21H26N4O. The van der Waals surface area contributed by atoms with Crippen LogP contribution >= 0.6 is 0 Å². The van der Waals surface area contributed by atoms with Crippen LogP contribution in [0.3, 0.4) is 0 Å². The maximum absolute atomic E-state index is 5.97. The lowest BCUT2D eigenvalue weighted by Gasteiger charge is -2.29. The molecule has 4 rings (SSSR count). The lowest BCUT2D eigenvalue weighted by atomic mass is 10.0. The monoisotopic (exact) mass is 350 g/mol. The number of nitrogens with one attached hydrogen (secondary N) is 2. The molecule has 1 atom stereocenters. The van der Waals surface area contributed by atoms with E-state index in [0.717, 1.165) is 48.9 Å². The van der Waals surface area contributed by atoms with Gasteiger partial charge in [-0.3, -0.25) is 0 Å². The summed E-state index contributed by atoms with van der Waals surface area (Å²) in [6, 6.07) is 9.17. The molecule has 3 aliphatic heterocycles. The molecule has 5 nitrogen and oxygen atoms in total. The molecule has 26 heavy (non-hydrogen) atoms. The second-order valence-corrected chi connectivity index (χ2v) is 6.84. The van der Waals surface area contributed by atoms with Crippen LogP contribution in [-0.2, 0) is 4.74 Å². The largest absolute Gasteiger partial charge is 0.477 e. The molecule has 1 fully saturated rings. The molecule has 0 aliphatic carbocycles. The SMILES string of the molecule is CCCOC1=C(c2ccc(N[C@@H]3CCNC3)cc2)CN2C=CC=CC2=N1. The molecular weight excluding hydrogens is 324 g/mol. The molecule has 3 aliphatic rings. The zero-order valence-electron chi connectivity index (χ0n) is 15.2. The van der Waals surface area contributed by atoms with Crippen molar-refractivity contribution in [1.29, 1.82) is 0 Å². The summed E-state index contributed by atoms with van der Waals surface area (Å²) in [7, 11) is 0. The van der Waals surface area contributed by atoms with Crippen molar-refractivity contribution in [3.05, 3.63) is 60.1 Å². The zero-order chi connectivity index (χ0) is 17.8. The maximum atomic E-state index is 5.97. The predicted molar refractivity (Wildman–Crippen MR) is 107 cm³/mol. The van der Waals surface area contributed by atoms with Crippen LogP contribution in [0.15, 0.2) is 59.6 Å². The van der Waals surface area contributed by atoms with Gasteiger partial charge in [0.05, 0.1) is 13.2 Å². The summed E-state index contributed by atoms with van der Waals surface area (Å²) in [5.41, 5.74) is 3.47. The van der Waals surface area contributed by atoms with Gasteiger partial charge in [-0.2, -0.15) is 4.99 Å². The number of allylic oxidation sites excluding steroid dienone is 2. The quantitative estimate of drug-likeness (QED) is 0.826. The number of benzene rings is 1. The van der Waals surface area contributed by atoms with Crippen molar-refractivity contribution in [3.8, 4) is 0 Å². The number of ether oxygens (including phenoxy) is 1. The molecule has 1 aromatic carbocycles. The Bertz CT molecular complexity index is 755. The number of nitrogens with zero attached hydrogens (tertiary/aromatic N) is 2. The maximum Gasteiger partial charge on any atom is 0.220 e. The van der Waals surface area contributed by atoms with Gasteiger partial charge in [0.25, 0.3) is 0 Å². The number of hydrogen-bond donors (Lipinski definition) is 2. The van der Waals surface area contributed by atoms with Crippen LogP contribution in [0.2, 0.25) is 0 Å². The van der Waals surface area contributed by atoms with E-state index in [2.05, 4.69) is 52.9 Å². The van der Waals surface area contributed by atoms with Gasteiger partial charge in [-0.1, -0.05) is 25.1 Å². The third-order valence-corrected chi connectivity index (χ3v) is 4.83. The Balaban J connectivity index is 1.57. The summed E-state index contributed by atoms with van der Waals surface area (Å²) in [6.07, 6.45) is 10.3. The highest BCUT2D eigenvalue weighted by molar-refractivity contribution is 5.98. The van der Waals surface area contributed by atoms with E-state index in [1.807, 2.05) is 18.2 Å². The molecule has 0 saturated carbocycles. The molecule has 0 aromatic heterocycles. The first-order valence-corrected chi connectivity index (χ1v) is 9.47. The highest BCUT2D eigenvalue weighted by Crippen LogP contribution is 2.28. The highest BCUT2D eigenvalue weighted by Gasteiger charge is 2.22. The van der Waals surface area contributed by atoms with Gasteiger partial charge in [-0.25, -0.2) is 0 Å². The Hall–Kier alpha value is -2.53. The average molecular weight is 350 g/mol. The van der Waals surface area contributed by atoms with E-state index < -0.39 is 0 Å². The molecule has 0 spiro atoms. The average Bonchev–Trinajstić information content (AvgIpc) is 3.19. The fourth-order valence-electron chi connectivity index (χ4n) is 3.43. The number of aliphatic imine (C=N–C) groups is 1. The lowest BCUT2D eigenvalue weighted by Crippen LogP contribution is -2.31. The standard InChI is InChI=1S/C21H26N4O/c1-2-13-26-21-19(15-25-12-4-3-5-20(25)24-21)16-6-8-17(9-7-16)23-18-10-11-22-14-18/h3-9,12,18,22-23H,2,10-11,13-15H2,1H3/t18-/m1/s1. The summed E-state index contributed by atoms with van der Waals surface area (Å²) in [5, 5.41) is 6.98. The molecule has 1 aromatic rings. The summed E-state index contributed by atoms with van der Waals surface area (Å²) in [5.74, 6) is 1.69. The van der Waals surface area contributed by atoms with Gasteiger partial charge < -0.3 is 20.3 Å². The third kappa shape index (κ3) is 3.68. The Labute approximate surface area is 155 Å². The van der Waals surface area contributed by atoms with Crippen molar-refractivity contribution in [2.45, 2.75) is 25.8 Å². The van der Waals surface area contributed by atoms with Crippen LogP contribution in [0.5, 0.6) is 0 Å². The van der Waals surface area contributed by atoms with E-state index in [0.29, 0.717) is 12.6 Å². The second kappa shape index (κ2) is 7.79. The van der Waals surface area contributed by atoms with Crippen LogP contribution in [0.1, 0.15) is 25.3 Å². The minimum atomic E-state index is 0.524. The highest BCUT2D eigenvalue weighted by atomic mass is 16.5. The topological polar surface area (TPSA) is 48.9 Å². The van der Waals surface area contributed by atoms with Gasteiger partial charge in [0.15, 0.2) is 0 Å². The van der Waals surface area contributed by atoms with Crippen molar-refractivity contribution in [3.63, 3.8) is 0 Å². The first-order chi connectivity index (χ1) is 12.8. The Kier molecular flexibility index (Phi) is 5.07.